The monoisotopic (exact) mass is 216 g/mol. The van der Waals surface area contributed by atoms with Gasteiger partial charge < -0.3 is 4.84 Å². The van der Waals surface area contributed by atoms with Crippen LogP contribution in [0, 0.1) is 6.92 Å². The molecule has 2 rings (SSSR count). The molecule has 0 saturated heterocycles. The second-order valence-electron chi connectivity index (χ2n) is 3.43. The van der Waals surface area contributed by atoms with Crippen LogP contribution in [0.5, 0.6) is 0 Å². The molecule has 0 N–H and O–H groups in total. The maximum Gasteiger partial charge on any atom is 0.208 e. The van der Waals surface area contributed by atoms with Crippen LogP contribution in [-0.4, -0.2) is 16.0 Å². The Labute approximate surface area is 93.5 Å². The second-order valence-corrected chi connectivity index (χ2v) is 3.43. The molecule has 0 aliphatic heterocycles. The van der Waals surface area contributed by atoms with Gasteiger partial charge >= 0.3 is 0 Å². The average molecular weight is 216 g/mol. The van der Waals surface area contributed by atoms with Gasteiger partial charge in [0.1, 0.15) is 6.61 Å². The Morgan fingerprint density at radius 1 is 1.44 bits per heavy atom. The summed E-state index contributed by atoms with van der Waals surface area (Å²) < 4.78 is 1.37. The Bertz CT molecular complexity index is 491. The van der Waals surface area contributed by atoms with E-state index in [1.54, 1.807) is 6.20 Å². The molecule has 0 radical (unpaired) electrons. The van der Waals surface area contributed by atoms with Gasteiger partial charge in [-0.3, -0.25) is 4.79 Å². The van der Waals surface area contributed by atoms with Crippen LogP contribution >= 0.6 is 0 Å². The van der Waals surface area contributed by atoms with Crippen LogP contribution in [0.25, 0.3) is 0 Å². The average Bonchev–Trinajstić information content (AvgIpc) is 2.75. The fraction of sp³-hybridized carbons (Fsp3) is 0.167. The minimum Gasteiger partial charge on any atom is -0.407 e. The molecule has 0 aliphatic rings. The quantitative estimate of drug-likeness (QED) is 0.730. The summed E-state index contributed by atoms with van der Waals surface area (Å²) in [5.41, 5.74) is 2.25. The molecule has 2 aromatic rings. The molecule has 1 heterocycles. The van der Waals surface area contributed by atoms with Gasteiger partial charge in [-0.2, -0.15) is 4.73 Å². The van der Waals surface area contributed by atoms with Crippen LogP contribution < -0.4 is 4.84 Å². The van der Waals surface area contributed by atoms with Crippen LogP contribution in [0.15, 0.2) is 36.7 Å². The number of rotatable bonds is 4. The topological polar surface area (TPSA) is 44.1 Å². The van der Waals surface area contributed by atoms with Crippen molar-refractivity contribution in [3.8, 4) is 0 Å². The SMILES string of the molecule is Cc1ccccc1COn1ccnc1C=O. The van der Waals surface area contributed by atoms with E-state index < -0.39 is 0 Å². The maximum absolute atomic E-state index is 10.6. The van der Waals surface area contributed by atoms with E-state index in [1.807, 2.05) is 31.2 Å². The molecule has 4 nitrogen and oxygen atoms in total. The van der Waals surface area contributed by atoms with E-state index in [1.165, 1.54) is 10.9 Å². The molecule has 0 fully saturated rings. The Balaban J connectivity index is 2.08. The van der Waals surface area contributed by atoms with Crippen molar-refractivity contribution in [2.45, 2.75) is 13.5 Å². The van der Waals surface area contributed by atoms with Gasteiger partial charge in [-0.25, -0.2) is 4.98 Å². The lowest BCUT2D eigenvalue weighted by Gasteiger charge is -2.09. The number of aldehydes is 1. The van der Waals surface area contributed by atoms with Crippen molar-refractivity contribution in [2.75, 3.05) is 0 Å². The minimum atomic E-state index is 0.272. The zero-order valence-electron chi connectivity index (χ0n) is 8.96. The summed E-state index contributed by atoms with van der Waals surface area (Å²) in [6.07, 6.45) is 3.81. The summed E-state index contributed by atoms with van der Waals surface area (Å²) in [5, 5.41) is 0. The third kappa shape index (κ3) is 2.11. The van der Waals surface area contributed by atoms with Crippen LogP contribution in [-0.2, 0) is 6.61 Å². The van der Waals surface area contributed by atoms with Crippen molar-refractivity contribution in [3.05, 3.63) is 53.6 Å². The number of carbonyl (C=O) groups is 1. The fourth-order valence-electron chi connectivity index (χ4n) is 1.41. The summed E-state index contributed by atoms with van der Waals surface area (Å²) in [7, 11) is 0. The molecule has 0 spiro atoms. The summed E-state index contributed by atoms with van der Waals surface area (Å²) in [4.78, 5) is 19.9. The first-order valence-electron chi connectivity index (χ1n) is 4.97. The predicted octanol–water partition coefficient (Wildman–Crippen LogP) is 1.63. The van der Waals surface area contributed by atoms with E-state index >= 15 is 0 Å². The van der Waals surface area contributed by atoms with Gasteiger partial charge in [-0.05, 0) is 18.1 Å². The van der Waals surface area contributed by atoms with Crippen molar-refractivity contribution in [1.82, 2.24) is 9.71 Å². The maximum atomic E-state index is 10.6. The van der Waals surface area contributed by atoms with Crippen molar-refractivity contribution < 1.29 is 9.63 Å². The first-order chi connectivity index (χ1) is 7.81. The molecule has 1 aromatic carbocycles. The van der Waals surface area contributed by atoms with E-state index in [0.717, 1.165) is 11.1 Å². The van der Waals surface area contributed by atoms with Crippen molar-refractivity contribution in [3.63, 3.8) is 0 Å². The molecular formula is C12H12N2O2. The van der Waals surface area contributed by atoms with E-state index in [2.05, 4.69) is 4.98 Å². The largest absolute Gasteiger partial charge is 0.407 e. The minimum absolute atomic E-state index is 0.272. The summed E-state index contributed by atoms with van der Waals surface area (Å²) in [5.74, 6) is 0.272. The number of nitrogens with zero attached hydrogens (tertiary/aromatic N) is 2. The lowest BCUT2D eigenvalue weighted by molar-refractivity contribution is 0.0842. The van der Waals surface area contributed by atoms with E-state index in [0.29, 0.717) is 12.9 Å². The highest BCUT2D eigenvalue weighted by Gasteiger charge is 2.02. The molecule has 4 heteroatoms. The molecule has 0 amide bonds. The third-order valence-corrected chi connectivity index (χ3v) is 2.36. The molecule has 16 heavy (non-hydrogen) atoms. The summed E-state index contributed by atoms with van der Waals surface area (Å²) in [6, 6.07) is 7.95. The number of benzene rings is 1. The Kier molecular flexibility index (Phi) is 3.00. The van der Waals surface area contributed by atoms with E-state index in [-0.39, 0.29) is 5.82 Å². The van der Waals surface area contributed by atoms with Crippen molar-refractivity contribution in [2.24, 2.45) is 0 Å². The fourth-order valence-corrected chi connectivity index (χ4v) is 1.41. The molecule has 0 saturated carbocycles. The van der Waals surface area contributed by atoms with Crippen molar-refractivity contribution >= 4 is 6.29 Å². The van der Waals surface area contributed by atoms with Gasteiger partial charge in [0.2, 0.25) is 5.82 Å². The van der Waals surface area contributed by atoms with Gasteiger partial charge in [0.15, 0.2) is 6.29 Å². The lowest BCUT2D eigenvalue weighted by Crippen LogP contribution is -2.13. The summed E-state index contributed by atoms with van der Waals surface area (Å²) in [6.45, 7) is 2.44. The Morgan fingerprint density at radius 3 is 3.00 bits per heavy atom. The third-order valence-electron chi connectivity index (χ3n) is 2.36. The molecule has 0 bridgehead atoms. The molecule has 1 aromatic heterocycles. The van der Waals surface area contributed by atoms with Crippen LogP contribution in [0.2, 0.25) is 0 Å². The normalized spacial score (nSPS) is 10.1. The molecule has 0 unspecified atom stereocenters. The molecule has 82 valence electrons. The highest BCUT2D eigenvalue weighted by Crippen LogP contribution is 2.07. The van der Waals surface area contributed by atoms with Gasteiger partial charge in [0.05, 0.1) is 6.20 Å². The number of hydrogen-bond acceptors (Lipinski definition) is 3. The lowest BCUT2D eigenvalue weighted by atomic mass is 10.1. The van der Waals surface area contributed by atoms with Crippen LogP contribution in [0.1, 0.15) is 21.7 Å². The van der Waals surface area contributed by atoms with Crippen LogP contribution in [0.3, 0.4) is 0 Å². The van der Waals surface area contributed by atoms with Gasteiger partial charge in [0, 0.05) is 6.20 Å². The number of aryl methyl sites for hydroxylation is 1. The zero-order valence-corrected chi connectivity index (χ0v) is 8.96. The highest BCUT2D eigenvalue weighted by molar-refractivity contribution is 5.68. The molecule has 0 atom stereocenters. The Hall–Kier alpha value is -2.10. The first-order valence-corrected chi connectivity index (χ1v) is 4.97. The number of carbonyl (C=O) groups excluding carboxylic acids is 1. The Morgan fingerprint density at radius 2 is 2.25 bits per heavy atom. The van der Waals surface area contributed by atoms with Crippen LogP contribution in [0.4, 0.5) is 0 Å². The highest BCUT2D eigenvalue weighted by atomic mass is 16.7. The number of aromatic nitrogens is 2. The van der Waals surface area contributed by atoms with E-state index in [4.69, 9.17) is 4.84 Å². The smallest absolute Gasteiger partial charge is 0.208 e. The zero-order chi connectivity index (χ0) is 11.4. The van der Waals surface area contributed by atoms with E-state index in [9.17, 15) is 4.79 Å². The second kappa shape index (κ2) is 4.61. The van der Waals surface area contributed by atoms with Gasteiger partial charge in [-0.1, -0.05) is 24.3 Å². The number of hydrogen-bond donors (Lipinski definition) is 0. The van der Waals surface area contributed by atoms with Gasteiger partial charge in [-0.15, -0.1) is 0 Å². The predicted molar refractivity (Wildman–Crippen MR) is 59.1 cm³/mol. The number of imidazole rings is 1. The standard InChI is InChI=1S/C12H12N2O2/c1-10-4-2-3-5-11(10)9-16-14-7-6-13-12(14)8-15/h2-8H,9H2,1H3. The van der Waals surface area contributed by atoms with Gasteiger partial charge in [0.25, 0.3) is 0 Å². The summed E-state index contributed by atoms with van der Waals surface area (Å²) >= 11 is 0. The molecule has 0 aliphatic carbocycles. The van der Waals surface area contributed by atoms with Crippen molar-refractivity contribution in [1.29, 1.82) is 0 Å². The first kappa shape index (κ1) is 10.4. The molecular weight excluding hydrogens is 204 g/mol.